The van der Waals surface area contributed by atoms with Crippen molar-refractivity contribution < 1.29 is 14.3 Å². The summed E-state index contributed by atoms with van der Waals surface area (Å²) in [5.74, 6) is 0.559. The maximum Gasteiger partial charge on any atom is 0.242 e. The maximum absolute atomic E-state index is 14.0. The number of aromatic nitrogens is 2. The third-order valence-electron chi connectivity index (χ3n) is 7.79. The van der Waals surface area contributed by atoms with Gasteiger partial charge in [-0.2, -0.15) is 5.10 Å². The number of hydrogen-bond acceptors (Lipinski definition) is 5. The van der Waals surface area contributed by atoms with Crippen molar-refractivity contribution in [1.82, 2.24) is 14.7 Å². The zero-order valence-corrected chi connectivity index (χ0v) is 24.6. The van der Waals surface area contributed by atoms with E-state index in [4.69, 9.17) is 21.4 Å². The predicted molar refractivity (Wildman–Crippen MR) is 164 cm³/mol. The molecule has 0 N–H and O–H groups in total. The predicted octanol–water partition coefficient (Wildman–Crippen LogP) is 5.84. The van der Waals surface area contributed by atoms with E-state index in [9.17, 15) is 9.59 Å². The molecular weight excluding hydrogens is 556 g/mol. The Morgan fingerprint density at radius 3 is 2.49 bits per heavy atom. The molecule has 0 aliphatic carbocycles. The smallest absolute Gasteiger partial charge is 0.242 e. The van der Waals surface area contributed by atoms with Gasteiger partial charge in [0, 0.05) is 29.2 Å². The van der Waals surface area contributed by atoms with Crippen LogP contribution in [0.25, 0.3) is 16.9 Å². The number of halogens is 1. The number of fused-ring (bicyclic) bond motifs is 1. The fraction of sp³-hybridized carbons (Fsp3) is 0.281. The summed E-state index contributed by atoms with van der Waals surface area (Å²) in [5.41, 5.74) is 6.50. The van der Waals surface area contributed by atoms with Crippen LogP contribution in [0, 0.1) is 13.8 Å². The minimum atomic E-state index is -0.278. The highest BCUT2D eigenvalue weighted by Crippen LogP contribution is 2.50. The topological polar surface area (TPSA) is 67.7 Å². The van der Waals surface area contributed by atoms with Crippen LogP contribution in [0.1, 0.15) is 27.5 Å². The molecule has 2 amide bonds. The third-order valence-corrected chi connectivity index (χ3v) is 9.37. The molecule has 0 bridgehead atoms. The lowest BCUT2D eigenvalue weighted by atomic mass is 9.99. The van der Waals surface area contributed by atoms with E-state index < -0.39 is 0 Å². The van der Waals surface area contributed by atoms with Gasteiger partial charge < -0.3 is 9.64 Å². The summed E-state index contributed by atoms with van der Waals surface area (Å²) >= 11 is 8.31. The van der Waals surface area contributed by atoms with E-state index in [-0.39, 0.29) is 29.4 Å². The van der Waals surface area contributed by atoms with E-state index in [0.29, 0.717) is 37.1 Å². The molecule has 2 aliphatic rings. The molecule has 9 heteroatoms. The quantitative estimate of drug-likeness (QED) is 0.294. The molecule has 1 fully saturated rings. The second-order valence-corrected chi connectivity index (χ2v) is 11.8. The molecule has 6 rings (SSSR count). The van der Waals surface area contributed by atoms with Crippen LogP contribution in [0.2, 0.25) is 5.02 Å². The minimum absolute atomic E-state index is 0.0770. The van der Waals surface area contributed by atoms with Crippen molar-refractivity contribution in [3.63, 3.8) is 0 Å². The second kappa shape index (κ2) is 11.7. The Balaban J connectivity index is 1.62. The van der Waals surface area contributed by atoms with E-state index in [1.165, 1.54) is 11.8 Å². The number of carbonyl (C=O) groups excluding carboxylic acids is 2. The second-order valence-electron chi connectivity index (χ2n) is 10.3. The first-order chi connectivity index (χ1) is 19.9. The van der Waals surface area contributed by atoms with Crippen molar-refractivity contribution in [2.45, 2.75) is 19.1 Å². The van der Waals surface area contributed by atoms with Gasteiger partial charge in [0.05, 0.1) is 35.6 Å². The Morgan fingerprint density at radius 1 is 1.00 bits per heavy atom. The van der Waals surface area contributed by atoms with Gasteiger partial charge in [-0.25, -0.2) is 4.68 Å². The highest BCUT2D eigenvalue weighted by Gasteiger charge is 2.39. The number of thioether (sulfide) groups is 1. The number of morpholine rings is 1. The van der Waals surface area contributed by atoms with Crippen molar-refractivity contribution in [1.29, 1.82) is 0 Å². The van der Waals surface area contributed by atoms with Gasteiger partial charge in [-0.3, -0.25) is 14.5 Å². The number of anilines is 1. The SMILES string of the molecule is Cc1cccc(-n2nc(-c3ccccc3)c3c2N(CC(=O)N2CCOCC2)C(=O)CSC3c2ccccc2Cl)c1C. The van der Waals surface area contributed by atoms with E-state index >= 15 is 0 Å². The Labute approximate surface area is 249 Å². The number of benzene rings is 3. The maximum atomic E-state index is 14.0. The lowest BCUT2D eigenvalue weighted by molar-refractivity contribution is -0.134. The molecule has 1 atom stereocenters. The average molecular weight is 587 g/mol. The molecule has 1 aromatic heterocycles. The average Bonchev–Trinajstić information content (AvgIpc) is 3.32. The summed E-state index contributed by atoms with van der Waals surface area (Å²) in [5, 5.41) is 5.55. The fourth-order valence-corrected chi connectivity index (χ4v) is 6.99. The number of rotatable bonds is 5. The van der Waals surface area contributed by atoms with E-state index in [0.717, 1.165) is 39.2 Å². The van der Waals surface area contributed by atoms with Gasteiger partial charge >= 0.3 is 0 Å². The molecule has 2 aliphatic heterocycles. The van der Waals surface area contributed by atoms with Crippen molar-refractivity contribution in [3.05, 3.63) is 100 Å². The van der Waals surface area contributed by atoms with Crippen molar-refractivity contribution in [2.75, 3.05) is 43.5 Å². The number of hydrogen-bond donors (Lipinski definition) is 0. The first-order valence-electron chi connectivity index (χ1n) is 13.7. The Bertz CT molecular complexity index is 1600. The molecule has 0 radical (unpaired) electrons. The van der Waals surface area contributed by atoms with Crippen LogP contribution in [0.5, 0.6) is 0 Å². The first-order valence-corrected chi connectivity index (χ1v) is 15.1. The number of aryl methyl sites for hydroxylation is 1. The zero-order chi connectivity index (χ0) is 28.5. The largest absolute Gasteiger partial charge is 0.378 e. The Morgan fingerprint density at radius 2 is 1.73 bits per heavy atom. The molecule has 41 heavy (non-hydrogen) atoms. The number of carbonyl (C=O) groups is 2. The number of amides is 2. The highest BCUT2D eigenvalue weighted by atomic mass is 35.5. The molecule has 0 saturated carbocycles. The fourth-order valence-electron chi connectivity index (χ4n) is 5.44. The van der Waals surface area contributed by atoms with Crippen molar-refractivity contribution >= 4 is 41.0 Å². The van der Waals surface area contributed by atoms with Crippen LogP contribution in [0.3, 0.4) is 0 Å². The van der Waals surface area contributed by atoms with Crippen LogP contribution in [-0.4, -0.2) is 65.1 Å². The van der Waals surface area contributed by atoms with Gasteiger partial charge in [0.25, 0.3) is 0 Å². The van der Waals surface area contributed by atoms with Gasteiger partial charge in [-0.05, 0) is 42.7 Å². The highest BCUT2D eigenvalue weighted by molar-refractivity contribution is 8.00. The molecule has 3 aromatic carbocycles. The minimum Gasteiger partial charge on any atom is -0.378 e. The van der Waals surface area contributed by atoms with Gasteiger partial charge in [0.15, 0.2) is 0 Å². The van der Waals surface area contributed by atoms with E-state index in [1.807, 2.05) is 71.4 Å². The standard InChI is InChI=1S/C32H31ClN4O3S/c1-21-9-8-14-26(22(21)2)37-32-29(30(34-37)23-10-4-3-5-11-23)31(24-12-6-7-13-25(24)33)41-20-28(39)36(32)19-27(38)35-15-17-40-18-16-35/h3-14,31H,15-20H2,1-2H3. The molecule has 0 spiro atoms. The Hall–Kier alpha value is -3.59. The monoisotopic (exact) mass is 586 g/mol. The summed E-state index contributed by atoms with van der Waals surface area (Å²) < 4.78 is 7.32. The van der Waals surface area contributed by atoms with Crippen molar-refractivity contribution in [3.8, 4) is 16.9 Å². The molecular formula is C32H31ClN4O3S. The van der Waals surface area contributed by atoms with E-state index in [1.54, 1.807) is 9.80 Å². The molecule has 1 unspecified atom stereocenters. The molecule has 4 aromatic rings. The van der Waals surface area contributed by atoms with Gasteiger partial charge in [0.1, 0.15) is 12.4 Å². The van der Waals surface area contributed by atoms with Crippen LogP contribution in [-0.2, 0) is 14.3 Å². The summed E-state index contributed by atoms with van der Waals surface area (Å²) in [6.07, 6.45) is 0. The number of ether oxygens (including phenoxy) is 1. The summed E-state index contributed by atoms with van der Waals surface area (Å²) in [6.45, 7) is 6.05. The molecule has 7 nitrogen and oxygen atoms in total. The lowest BCUT2D eigenvalue weighted by Gasteiger charge is -2.30. The molecule has 210 valence electrons. The lowest BCUT2D eigenvalue weighted by Crippen LogP contribution is -2.48. The van der Waals surface area contributed by atoms with Crippen LogP contribution in [0.15, 0.2) is 72.8 Å². The first kappa shape index (κ1) is 27.6. The third kappa shape index (κ3) is 5.27. The van der Waals surface area contributed by atoms with Gasteiger partial charge in [0.2, 0.25) is 11.8 Å². The van der Waals surface area contributed by atoms with Gasteiger partial charge in [-0.1, -0.05) is 72.3 Å². The summed E-state index contributed by atoms with van der Waals surface area (Å²) in [7, 11) is 0. The van der Waals surface area contributed by atoms with Crippen molar-refractivity contribution in [2.24, 2.45) is 0 Å². The summed E-state index contributed by atoms with van der Waals surface area (Å²) in [4.78, 5) is 31.0. The van der Waals surface area contributed by atoms with Gasteiger partial charge in [-0.15, -0.1) is 11.8 Å². The van der Waals surface area contributed by atoms with Crippen LogP contribution < -0.4 is 4.90 Å². The number of nitrogens with zero attached hydrogens (tertiary/aromatic N) is 4. The summed E-state index contributed by atoms with van der Waals surface area (Å²) in [6, 6.07) is 23.8. The molecule has 3 heterocycles. The zero-order valence-electron chi connectivity index (χ0n) is 23.0. The normalized spacial score (nSPS) is 17.3. The Kier molecular flexibility index (Phi) is 7.88. The van der Waals surface area contributed by atoms with Crippen LogP contribution in [0.4, 0.5) is 5.82 Å². The van der Waals surface area contributed by atoms with E-state index in [2.05, 4.69) is 19.9 Å². The van der Waals surface area contributed by atoms with Crippen LogP contribution >= 0.6 is 23.4 Å². The molecule has 1 saturated heterocycles.